The average Bonchev–Trinajstić information content (AvgIpc) is 3.74. The number of carbonyl (C=O) groups is 3. The maximum Gasteiger partial charge on any atom is 0.442 e. The van der Waals surface area contributed by atoms with Gasteiger partial charge in [0.1, 0.15) is 31.8 Å². The molecule has 1 aliphatic rings. The Morgan fingerprint density at radius 3 is 2.05 bits per heavy atom. The van der Waals surface area contributed by atoms with E-state index in [9.17, 15) is 23.0 Å². The lowest BCUT2D eigenvalue weighted by molar-refractivity contribution is 0.0603. The van der Waals surface area contributed by atoms with E-state index in [1.165, 1.54) is 30.5 Å². The number of ether oxygens (including phenoxy) is 2. The van der Waals surface area contributed by atoms with Crippen LogP contribution in [0.4, 0.5) is 25.4 Å². The molecule has 1 heterocycles. The number of carbonyl (C=O) groups excluding carboxylic acids is 3. The van der Waals surface area contributed by atoms with Crippen molar-refractivity contribution in [1.82, 2.24) is 4.98 Å². The van der Waals surface area contributed by atoms with Crippen molar-refractivity contribution >= 4 is 39.2 Å². The van der Waals surface area contributed by atoms with Crippen LogP contribution in [0.5, 0.6) is 0 Å². The summed E-state index contributed by atoms with van der Waals surface area (Å²) in [6.07, 6.45) is 0.869. The largest absolute Gasteiger partial charge is 0.444 e. The van der Waals surface area contributed by atoms with Crippen molar-refractivity contribution in [3.05, 3.63) is 72.2 Å². The molecule has 12 heteroatoms. The van der Waals surface area contributed by atoms with Crippen LogP contribution in [0, 0.1) is 5.82 Å². The molecule has 2 aromatic carbocycles. The highest BCUT2D eigenvalue weighted by molar-refractivity contribution is 7.94. The van der Waals surface area contributed by atoms with Gasteiger partial charge < -0.3 is 14.8 Å². The zero-order chi connectivity index (χ0) is 31.6. The van der Waals surface area contributed by atoms with E-state index in [2.05, 4.69) is 20.0 Å². The number of pyridine rings is 1. The van der Waals surface area contributed by atoms with Crippen LogP contribution in [0.25, 0.3) is 11.1 Å². The number of nitrogens with zero attached hydrogens (tertiary/aromatic N) is 2. The van der Waals surface area contributed by atoms with Gasteiger partial charge in [-0.25, -0.2) is 23.2 Å². The van der Waals surface area contributed by atoms with E-state index in [-0.39, 0.29) is 33.0 Å². The maximum atomic E-state index is 13.8. The van der Waals surface area contributed by atoms with Crippen LogP contribution < -0.4 is 10.6 Å². The summed E-state index contributed by atoms with van der Waals surface area (Å²) in [6, 6.07) is 13.6. The fourth-order valence-corrected chi connectivity index (χ4v) is 6.03. The molecule has 43 heavy (non-hydrogen) atoms. The number of benzene rings is 2. The van der Waals surface area contributed by atoms with Crippen LogP contribution in [-0.2, 0) is 19.2 Å². The molecule has 1 aromatic heterocycles. The van der Waals surface area contributed by atoms with E-state index in [0.29, 0.717) is 24.0 Å². The molecular formula is C31H35FN4O6S. The first kappa shape index (κ1) is 31.6. The van der Waals surface area contributed by atoms with Crippen molar-refractivity contribution in [1.29, 1.82) is 0 Å². The molecule has 228 valence electrons. The van der Waals surface area contributed by atoms with E-state index in [1.807, 2.05) is 0 Å². The molecule has 0 spiro atoms. The van der Waals surface area contributed by atoms with Crippen molar-refractivity contribution in [3.8, 4) is 11.1 Å². The minimum atomic E-state index is -3.20. The molecule has 1 saturated carbocycles. The number of halogens is 1. The van der Waals surface area contributed by atoms with Crippen LogP contribution in [-0.4, -0.2) is 43.7 Å². The van der Waals surface area contributed by atoms with E-state index in [1.54, 1.807) is 71.9 Å². The Kier molecular flexibility index (Phi) is 8.91. The molecule has 2 N–H and O–H groups in total. The van der Waals surface area contributed by atoms with Gasteiger partial charge in [0, 0.05) is 11.4 Å². The minimum absolute atomic E-state index is 0.0861. The molecule has 10 nitrogen and oxygen atoms in total. The van der Waals surface area contributed by atoms with Gasteiger partial charge in [0.15, 0.2) is 0 Å². The van der Waals surface area contributed by atoms with Crippen molar-refractivity contribution in [2.24, 2.45) is 4.36 Å². The molecule has 1 atom stereocenters. The third kappa shape index (κ3) is 8.60. The molecule has 1 unspecified atom stereocenters. The number of rotatable bonds is 6. The zero-order valence-corrected chi connectivity index (χ0v) is 25.7. The second kappa shape index (κ2) is 12.1. The summed E-state index contributed by atoms with van der Waals surface area (Å²) in [4.78, 5) is 42.4. The van der Waals surface area contributed by atoms with E-state index in [4.69, 9.17) is 9.47 Å². The summed E-state index contributed by atoms with van der Waals surface area (Å²) in [6.45, 7) is 10.3. The lowest BCUT2D eigenvalue weighted by Crippen LogP contribution is -2.27. The average molecular weight is 611 g/mol. The van der Waals surface area contributed by atoms with E-state index in [0.717, 1.165) is 0 Å². The third-order valence-electron chi connectivity index (χ3n) is 5.96. The number of aromatic nitrogens is 1. The fraction of sp³-hybridized carbons (Fsp3) is 0.355. The second-order valence-corrected chi connectivity index (χ2v) is 14.5. The summed E-state index contributed by atoms with van der Waals surface area (Å²) >= 11 is 0. The first-order valence-corrected chi connectivity index (χ1v) is 15.3. The van der Waals surface area contributed by atoms with Gasteiger partial charge in [-0.05, 0) is 102 Å². The standard InChI is InChI=1S/C31H35FN4O6S/c1-30(2,3)41-28(38)35-24-15-9-20(19-7-11-22(32)12-8-19)17-25(24)34-27(37)21-10-16-26(33-18-21)43(40,23-13-14-23)36-29(39)42-31(4,5)6/h7-12,15-18,23H,13-14H2,1-6H3,(H,34,37)(H,35,38). The van der Waals surface area contributed by atoms with Crippen LogP contribution in [0.2, 0.25) is 0 Å². The summed E-state index contributed by atoms with van der Waals surface area (Å²) in [5.41, 5.74) is 0.458. The van der Waals surface area contributed by atoms with Crippen molar-refractivity contribution in [3.63, 3.8) is 0 Å². The normalized spacial score (nSPS) is 14.7. The molecule has 1 fully saturated rings. The molecule has 1 aliphatic carbocycles. The fourth-order valence-electron chi connectivity index (χ4n) is 3.95. The topological polar surface area (TPSA) is 136 Å². The van der Waals surface area contributed by atoms with Crippen molar-refractivity contribution < 1.29 is 32.5 Å². The Balaban J connectivity index is 1.62. The van der Waals surface area contributed by atoms with Gasteiger partial charge in [-0.1, -0.05) is 18.2 Å². The predicted molar refractivity (Wildman–Crippen MR) is 162 cm³/mol. The van der Waals surface area contributed by atoms with Gasteiger partial charge >= 0.3 is 12.2 Å². The predicted octanol–water partition coefficient (Wildman–Crippen LogP) is 7.41. The molecule has 4 rings (SSSR count). The Hall–Kier alpha value is -4.32. The number of hydrogen-bond donors (Lipinski definition) is 2. The van der Waals surface area contributed by atoms with Gasteiger partial charge in [0.05, 0.1) is 16.9 Å². The molecule has 3 amide bonds. The van der Waals surface area contributed by atoms with Gasteiger partial charge in [0.2, 0.25) is 0 Å². The Bertz CT molecular complexity index is 1650. The molecule has 3 aromatic rings. The highest BCUT2D eigenvalue weighted by Gasteiger charge is 2.37. The van der Waals surface area contributed by atoms with E-state index >= 15 is 0 Å². The molecule has 0 bridgehead atoms. The number of nitrogens with one attached hydrogen (secondary N) is 2. The molecular weight excluding hydrogens is 575 g/mol. The lowest BCUT2D eigenvalue weighted by Gasteiger charge is -2.21. The first-order valence-electron chi connectivity index (χ1n) is 13.7. The molecule has 0 saturated heterocycles. The minimum Gasteiger partial charge on any atom is -0.444 e. The smallest absolute Gasteiger partial charge is 0.442 e. The van der Waals surface area contributed by atoms with Gasteiger partial charge in [0.25, 0.3) is 5.91 Å². The van der Waals surface area contributed by atoms with Crippen LogP contribution in [0.3, 0.4) is 0 Å². The van der Waals surface area contributed by atoms with Gasteiger partial charge in [-0.3, -0.25) is 10.1 Å². The number of hydrogen-bond acceptors (Lipinski definition) is 7. The molecule has 0 radical (unpaired) electrons. The third-order valence-corrected chi connectivity index (χ3v) is 8.60. The number of amides is 3. The monoisotopic (exact) mass is 610 g/mol. The molecule has 0 aliphatic heterocycles. The van der Waals surface area contributed by atoms with Crippen LogP contribution in [0.15, 0.2) is 70.2 Å². The highest BCUT2D eigenvalue weighted by atomic mass is 32.2. The SMILES string of the molecule is CC(C)(C)OC(=O)N=S(=O)(c1ccc(C(=O)Nc2cc(-c3ccc(F)cc3)ccc2NC(=O)OC(C)(C)C)cn1)C1CC1. The van der Waals surface area contributed by atoms with Crippen molar-refractivity contribution in [2.45, 2.75) is 75.9 Å². The Morgan fingerprint density at radius 1 is 0.860 bits per heavy atom. The summed E-state index contributed by atoms with van der Waals surface area (Å²) in [5.74, 6) is -0.953. The zero-order valence-electron chi connectivity index (χ0n) is 24.9. The van der Waals surface area contributed by atoms with Gasteiger partial charge in [-0.2, -0.15) is 0 Å². The summed E-state index contributed by atoms with van der Waals surface area (Å²) in [7, 11) is -3.20. The van der Waals surface area contributed by atoms with Crippen LogP contribution >= 0.6 is 0 Å². The maximum absolute atomic E-state index is 13.8. The highest BCUT2D eigenvalue weighted by Crippen LogP contribution is 2.35. The van der Waals surface area contributed by atoms with Crippen molar-refractivity contribution in [2.75, 3.05) is 10.6 Å². The quantitative estimate of drug-likeness (QED) is 0.297. The number of anilines is 2. The van der Waals surface area contributed by atoms with E-state index < -0.39 is 39.0 Å². The second-order valence-electron chi connectivity index (χ2n) is 12.1. The Labute approximate surface area is 250 Å². The van der Waals surface area contributed by atoms with Crippen LogP contribution in [0.1, 0.15) is 64.7 Å². The van der Waals surface area contributed by atoms with Gasteiger partial charge in [-0.15, -0.1) is 4.36 Å². The first-order chi connectivity index (χ1) is 20.0. The summed E-state index contributed by atoms with van der Waals surface area (Å²) in [5, 5.41) is 5.18. The Morgan fingerprint density at radius 2 is 1.49 bits per heavy atom. The lowest BCUT2D eigenvalue weighted by atomic mass is 10.0. The summed E-state index contributed by atoms with van der Waals surface area (Å²) < 4.78 is 41.7.